The lowest BCUT2D eigenvalue weighted by atomic mass is 9.66. The molecule has 2 fully saturated rings. The third-order valence-corrected chi connectivity index (χ3v) is 8.48. The van der Waals surface area contributed by atoms with E-state index in [1.165, 1.54) is 22.5 Å². The van der Waals surface area contributed by atoms with Gasteiger partial charge in [-0.15, -0.1) is 0 Å². The van der Waals surface area contributed by atoms with Crippen molar-refractivity contribution in [1.29, 1.82) is 0 Å². The van der Waals surface area contributed by atoms with Gasteiger partial charge in [0.25, 0.3) is 0 Å². The Morgan fingerprint density at radius 3 is 2.14 bits per heavy atom. The van der Waals surface area contributed by atoms with Crippen molar-refractivity contribution in [1.82, 2.24) is 0 Å². The zero-order valence-corrected chi connectivity index (χ0v) is 22.8. The molecule has 0 radical (unpaired) electrons. The summed E-state index contributed by atoms with van der Waals surface area (Å²) in [6, 6.07) is 28.9. The monoisotopic (exact) mass is 532 g/mol. The number of aliphatic hydroxyl groups is 1. The van der Waals surface area contributed by atoms with Gasteiger partial charge in [0.15, 0.2) is 0 Å². The summed E-state index contributed by atoms with van der Waals surface area (Å²) in [5.41, 5.74) is 5.13. The lowest BCUT2D eigenvalue weighted by Gasteiger charge is -2.59. The van der Waals surface area contributed by atoms with Gasteiger partial charge >= 0.3 is 0 Å². The number of aliphatic hydroxyl groups excluding tert-OH is 1. The second-order valence-electron chi connectivity index (χ2n) is 11.4. The Hall–Kier alpha value is -2.30. The minimum absolute atomic E-state index is 0.0396. The van der Waals surface area contributed by atoms with E-state index in [2.05, 4.69) is 132 Å². The first-order chi connectivity index (χ1) is 16.7. The molecule has 0 bridgehead atoms. The van der Waals surface area contributed by atoms with Crippen molar-refractivity contribution in [2.45, 2.75) is 64.8 Å². The zero-order valence-electron chi connectivity index (χ0n) is 21.2. The number of hydrogen-bond donors (Lipinski definition) is 1. The summed E-state index contributed by atoms with van der Waals surface area (Å²) < 4.78 is 1.09. The number of hydrogen-bond acceptors (Lipinski definition) is 3. The Bertz CT molecular complexity index is 1130. The van der Waals surface area contributed by atoms with E-state index >= 15 is 0 Å². The van der Waals surface area contributed by atoms with Crippen LogP contribution in [0.2, 0.25) is 0 Å². The first-order valence-electron chi connectivity index (χ1n) is 12.9. The van der Waals surface area contributed by atoms with Crippen molar-refractivity contribution < 1.29 is 5.11 Å². The molecule has 4 unspecified atom stereocenters. The average Bonchev–Trinajstić information content (AvgIpc) is 2.83. The van der Waals surface area contributed by atoms with Crippen molar-refractivity contribution in [2.75, 3.05) is 16.3 Å². The van der Waals surface area contributed by atoms with Crippen molar-refractivity contribution >= 4 is 27.3 Å². The second kappa shape index (κ2) is 9.63. The van der Waals surface area contributed by atoms with E-state index in [1.807, 2.05) is 0 Å². The van der Waals surface area contributed by atoms with Crippen LogP contribution in [0.4, 0.5) is 11.4 Å². The summed E-state index contributed by atoms with van der Waals surface area (Å²) >= 11 is 3.63. The van der Waals surface area contributed by atoms with Crippen molar-refractivity contribution in [3.8, 4) is 0 Å². The molecule has 1 N–H and O–H groups in total. The highest BCUT2D eigenvalue weighted by Gasteiger charge is 2.50. The Balaban J connectivity index is 1.67. The number of anilines is 2. The van der Waals surface area contributed by atoms with Crippen LogP contribution in [0.15, 0.2) is 83.3 Å². The number of fused-ring (bicyclic) bond motifs is 1. The number of nitrogens with zero attached hydrogens (tertiary/aromatic N) is 2. The standard InChI is InChI=1S/C31H37BrN2O/c1-21(2)22-12-16-25(17-13-22)33-20-27-28(18-31(3,4)19-29(27)35)34(26-8-6-5-7-9-26)30(33)23-10-14-24(32)15-11-23/h5-17,21,27-30,35H,18-20H2,1-4H3. The first-order valence-corrected chi connectivity index (χ1v) is 13.7. The molecule has 3 aromatic rings. The van der Waals surface area contributed by atoms with E-state index in [-0.39, 0.29) is 29.6 Å². The van der Waals surface area contributed by atoms with E-state index < -0.39 is 0 Å². The van der Waals surface area contributed by atoms with Gasteiger partial charge < -0.3 is 14.9 Å². The SMILES string of the molecule is CC(C)c1ccc(N2CC3C(O)CC(C)(C)CC3N(c3ccccc3)C2c2ccc(Br)cc2)cc1. The van der Waals surface area contributed by atoms with E-state index in [0.29, 0.717) is 5.92 Å². The average molecular weight is 534 g/mol. The minimum atomic E-state index is -0.321. The maximum absolute atomic E-state index is 11.4. The predicted octanol–water partition coefficient (Wildman–Crippen LogP) is 7.76. The second-order valence-corrected chi connectivity index (χ2v) is 12.4. The topological polar surface area (TPSA) is 26.7 Å². The highest BCUT2D eigenvalue weighted by molar-refractivity contribution is 9.10. The number of para-hydroxylation sites is 1. The highest BCUT2D eigenvalue weighted by atomic mass is 79.9. The van der Waals surface area contributed by atoms with Gasteiger partial charge in [-0.3, -0.25) is 0 Å². The number of benzene rings is 3. The minimum Gasteiger partial charge on any atom is -0.393 e. The first kappa shape index (κ1) is 24.4. The van der Waals surface area contributed by atoms with Crippen molar-refractivity contribution in [3.05, 3.63) is 94.5 Å². The van der Waals surface area contributed by atoms with E-state index in [1.54, 1.807) is 0 Å². The molecule has 1 aliphatic heterocycles. The molecule has 0 spiro atoms. The molecule has 0 amide bonds. The van der Waals surface area contributed by atoms with Crippen LogP contribution in [0, 0.1) is 11.3 Å². The van der Waals surface area contributed by atoms with Gasteiger partial charge in [0, 0.05) is 34.4 Å². The fourth-order valence-electron chi connectivity index (χ4n) is 6.19. The van der Waals surface area contributed by atoms with E-state index in [0.717, 1.165) is 23.9 Å². The van der Waals surface area contributed by atoms with Crippen LogP contribution in [-0.2, 0) is 0 Å². The van der Waals surface area contributed by atoms with Crippen LogP contribution in [0.3, 0.4) is 0 Å². The summed E-state index contributed by atoms with van der Waals surface area (Å²) in [4.78, 5) is 5.11. The molecule has 3 aromatic carbocycles. The third-order valence-electron chi connectivity index (χ3n) is 7.95. The molecule has 3 nitrogen and oxygen atoms in total. The van der Waals surface area contributed by atoms with Gasteiger partial charge in [0.1, 0.15) is 6.17 Å². The number of rotatable bonds is 4. The molecular formula is C31H37BrN2O. The summed E-state index contributed by atoms with van der Waals surface area (Å²) in [6.45, 7) is 9.93. The summed E-state index contributed by atoms with van der Waals surface area (Å²) in [5, 5.41) is 11.4. The molecule has 4 heteroatoms. The zero-order chi connectivity index (χ0) is 24.7. The molecule has 0 aromatic heterocycles. The Labute approximate surface area is 218 Å². The molecule has 1 heterocycles. The lowest BCUT2D eigenvalue weighted by molar-refractivity contribution is -0.00719. The smallest absolute Gasteiger partial charge is 0.128 e. The van der Waals surface area contributed by atoms with Crippen LogP contribution in [0.5, 0.6) is 0 Å². The van der Waals surface area contributed by atoms with Gasteiger partial charge in [-0.25, -0.2) is 0 Å². The van der Waals surface area contributed by atoms with Gasteiger partial charge in [-0.1, -0.05) is 86.1 Å². The Kier molecular flexibility index (Phi) is 6.71. The Morgan fingerprint density at radius 2 is 1.51 bits per heavy atom. The molecular weight excluding hydrogens is 496 g/mol. The van der Waals surface area contributed by atoms with Crippen molar-refractivity contribution in [2.24, 2.45) is 11.3 Å². The van der Waals surface area contributed by atoms with Gasteiger partial charge in [-0.2, -0.15) is 0 Å². The normalized spacial score (nSPS) is 26.0. The molecule has 1 saturated carbocycles. The van der Waals surface area contributed by atoms with Crippen molar-refractivity contribution in [3.63, 3.8) is 0 Å². The molecule has 2 aliphatic rings. The fraction of sp³-hybridized carbons (Fsp3) is 0.419. The molecule has 1 saturated heterocycles. The van der Waals surface area contributed by atoms with Crippen LogP contribution in [-0.4, -0.2) is 23.8 Å². The quantitative estimate of drug-likeness (QED) is 0.371. The molecule has 5 rings (SSSR count). The van der Waals surface area contributed by atoms with E-state index in [4.69, 9.17) is 0 Å². The van der Waals surface area contributed by atoms with Crippen LogP contribution >= 0.6 is 15.9 Å². The Morgan fingerprint density at radius 1 is 0.857 bits per heavy atom. The van der Waals surface area contributed by atoms with Gasteiger partial charge in [-0.05, 0) is 71.7 Å². The molecule has 4 atom stereocenters. The summed E-state index contributed by atoms with van der Waals surface area (Å²) in [5.74, 6) is 0.681. The maximum Gasteiger partial charge on any atom is 0.128 e. The van der Waals surface area contributed by atoms with Crippen LogP contribution < -0.4 is 9.80 Å². The van der Waals surface area contributed by atoms with E-state index in [9.17, 15) is 5.11 Å². The summed E-state index contributed by atoms with van der Waals surface area (Å²) in [7, 11) is 0. The fourth-order valence-corrected chi connectivity index (χ4v) is 6.45. The van der Waals surface area contributed by atoms with Gasteiger partial charge in [0.2, 0.25) is 0 Å². The third kappa shape index (κ3) is 4.88. The van der Waals surface area contributed by atoms with Gasteiger partial charge in [0.05, 0.1) is 6.10 Å². The molecule has 35 heavy (non-hydrogen) atoms. The van der Waals surface area contributed by atoms with Crippen LogP contribution in [0.25, 0.3) is 0 Å². The largest absolute Gasteiger partial charge is 0.393 e. The highest BCUT2D eigenvalue weighted by Crippen LogP contribution is 2.49. The number of halogens is 1. The summed E-state index contributed by atoms with van der Waals surface area (Å²) in [6.07, 6.45) is 1.63. The maximum atomic E-state index is 11.4. The molecule has 1 aliphatic carbocycles. The molecule has 184 valence electrons. The predicted molar refractivity (Wildman–Crippen MR) is 150 cm³/mol. The van der Waals surface area contributed by atoms with Crippen LogP contribution in [0.1, 0.15) is 63.7 Å². The lowest BCUT2D eigenvalue weighted by Crippen LogP contribution is -2.63.